The van der Waals surface area contributed by atoms with E-state index in [0.717, 1.165) is 0 Å². The van der Waals surface area contributed by atoms with Crippen molar-refractivity contribution in [2.45, 2.75) is 4.90 Å². The maximum Gasteiger partial charge on any atom is 0.294 e. The van der Waals surface area contributed by atoms with Crippen LogP contribution in [-0.4, -0.2) is 85.8 Å². The first-order chi connectivity index (χ1) is 22.8. The minimum absolute atomic E-state index is 0.0272. The number of hydrogen-bond acceptors (Lipinski definition) is 14. The number of nitrogens with zero attached hydrogens (tertiary/aromatic N) is 4. The lowest BCUT2D eigenvalue weighted by molar-refractivity contribution is 0.00708. The maximum atomic E-state index is 11.9. The van der Waals surface area contributed by atoms with Crippen LogP contribution in [0.15, 0.2) is 70.0 Å². The summed E-state index contributed by atoms with van der Waals surface area (Å²) in [5.74, 6) is 1.21. The molecule has 0 unspecified atom stereocenters. The fraction of sp³-hybridized carbons (Fsp3) is 0.267. The van der Waals surface area contributed by atoms with Gasteiger partial charge in [0.25, 0.3) is 10.1 Å². The Morgan fingerprint density at radius 2 is 1.36 bits per heavy atom. The first kappa shape index (κ1) is 32.4. The molecule has 47 heavy (non-hydrogen) atoms. The number of halogens is 1. The molecule has 0 saturated heterocycles. The SMILES string of the molecule is O=S(=O)(O)c1ccc(Nc2nc(Cl)nc(Nc3ccc4c(c3)OCCOCCOCCOCCO4)n2)c(-c2nc3ccccc3o2)c1. The number of para-hydroxylation sites is 2. The highest BCUT2D eigenvalue weighted by molar-refractivity contribution is 7.85. The van der Waals surface area contributed by atoms with Crippen molar-refractivity contribution in [3.63, 3.8) is 0 Å². The Balaban J connectivity index is 1.25. The number of anilines is 4. The standard InChI is InChI=1S/C30H29ClN6O9S/c31-28-35-29(32-19-5-8-25-26(17-19)45-16-14-43-12-10-41-9-11-42-13-15-44-25)37-30(36-28)34-22-7-6-20(47(38,39)40)18-21(22)27-33-23-3-1-2-4-24(23)46-27/h1-8,17-18H,9-16H2,(H,38,39,40)(H2,32,34,35,36,37). The Kier molecular flexibility index (Phi) is 10.3. The highest BCUT2D eigenvalue weighted by atomic mass is 35.5. The van der Waals surface area contributed by atoms with Crippen molar-refractivity contribution in [1.29, 1.82) is 0 Å². The van der Waals surface area contributed by atoms with Crippen LogP contribution >= 0.6 is 11.6 Å². The quantitative estimate of drug-likeness (QED) is 0.205. The number of ether oxygens (including phenoxy) is 5. The summed E-state index contributed by atoms with van der Waals surface area (Å²) in [7, 11) is -4.53. The van der Waals surface area contributed by atoms with Crippen LogP contribution in [0.1, 0.15) is 0 Å². The highest BCUT2D eigenvalue weighted by Gasteiger charge is 2.19. The van der Waals surface area contributed by atoms with E-state index >= 15 is 0 Å². The molecular formula is C30H29ClN6O9S. The van der Waals surface area contributed by atoms with Gasteiger partial charge in [-0.1, -0.05) is 12.1 Å². The first-order valence-electron chi connectivity index (χ1n) is 14.4. The Hall–Kier alpha value is -4.58. The van der Waals surface area contributed by atoms with E-state index in [1.165, 1.54) is 18.2 Å². The fourth-order valence-corrected chi connectivity index (χ4v) is 5.12. The van der Waals surface area contributed by atoms with E-state index in [2.05, 4.69) is 30.6 Å². The van der Waals surface area contributed by atoms with Gasteiger partial charge in [0, 0.05) is 11.8 Å². The van der Waals surface area contributed by atoms with Crippen molar-refractivity contribution in [3.05, 3.63) is 65.9 Å². The van der Waals surface area contributed by atoms with Crippen molar-refractivity contribution in [2.75, 3.05) is 63.5 Å². The van der Waals surface area contributed by atoms with Crippen LogP contribution in [0.5, 0.6) is 11.5 Å². The first-order valence-corrected chi connectivity index (χ1v) is 16.2. The third-order valence-corrected chi connectivity index (χ3v) is 7.60. The molecular weight excluding hydrogens is 656 g/mol. The molecule has 0 aliphatic carbocycles. The molecule has 0 amide bonds. The predicted octanol–water partition coefficient (Wildman–Crippen LogP) is 4.89. The molecule has 0 fully saturated rings. The highest BCUT2D eigenvalue weighted by Crippen LogP contribution is 2.35. The second-order valence-electron chi connectivity index (χ2n) is 9.87. The maximum absolute atomic E-state index is 11.9. The van der Waals surface area contributed by atoms with Gasteiger partial charge >= 0.3 is 0 Å². The van der Waals surface area contributed by atoms with E-state index in [0.29, 0.717) is 80.2 Å². The lowest BCUT2D eigenvalue weighted by Crippen LogP contribution is -2.13. The lowest BCUT2D eigenvalue weighted by Gasteiger charge is -2.15. The van der Waals surface area contributed by atoms with Gasteiger partial charge in [0.05, 0.1) is 55.8 Å². The summed E-state index contributed by atoms with van der Waals surface area (Å²) < 4.78 is 67.8. The van der Waals surface area contributed by atoms with E-state index in [4.69, 9.17) is 39.7 Å². The molecule has 3 N–H and O–H groups in total. The third-order valence-electron chi connectivity index (χ3n) is 6.58. The molecule has 6 rings (SSSR count). The van der Waals surface area contributed by atoms with Crippen molar-refractivity contribution in [2.24, 2.45) is 0 Å². The average molecular weight is 685 g/mol. The molecule has 0 saturated carbocycles. The Bertz CT molecular complexity index is 1930. The smallest absolute Gasteiger partial charge is 0.294 e. The van der Waals surface area contributed by atoms with Gasteiger partial charge in [0.15, 0.2) is 17.1 Å². The third kappa shape index (κ3) is 8.62. The van der Waals surface area contributed by atoms with Crippen LogP contribution in [0.2, 0.25) is 5.28 Å². The minimum atomic E-state index is -4.53. The monoisotopic (exact) mass is 684 g/mol. The lowest BCUT2D eigenvalue weighted by atomic mass is 10.1. The van der Waals surface area contributed by atoms with Crippen molar-refractivity contribution >= 4 is 56.1 Å². The van der Waals surface area contributed by atoms with Gasteiger partial charge in [0.2, 0.25) is 23.1 Å². The Morgan fingerprint density at radius 1 is 0.702 bits per heavy atom. The van der Waals surface area contributed by atoms with Gasteiger partial charge in [-0.25, -0.2) is 4.98 Å². The molecule has 0 bridgehead atoms. The normalized spacial score (nSPS) is 15.0. The number of aromatic nitrogens is 4. The largest absolute Gasteiger partial charge is 0.487 e. The van der Waals surface area contributed by atoms with Crippen LogP contribution in [0.3, 0.4) is 0 Å². The average Bonchev–Trinajstić information content (AvgIpc) is 3.47. The molecule has 1 aliphatic heterocycles. The summed E-state index contributed by atoms with van der Waals surface area (Å²) in [6.45, 7) is 3.15. The zero-order chi connectivity index (χ0) is 32.6. The zero-order valence-electron chi connectivity index (χ0n) is 24.7. The Labute approximate surface area is 273 Å². The number of fused-ring (bicyclic) bond motifs is 2. The summed E-state index contributed by atoms with van der Waals surface area (Å²) in [4.78, 5) is 16.9. The Morgan fingerprint density at radius 3 is 2.06 bits per heavy atom. The number of rotatable bonds is 6. The van der Waals surface area contributed by atoms with Gasteiger partial charge < -0.3 is 38.7 Å². The van der Waals surface area contributed by atoms with Gasteiger partial charge in [-0.3, -0.25) is 4.55 Å². The number of oxazole rings is 1. The van der Waals surface area contributed by atoms with Gasteiger partial charge in [-0.05, 0) is 54.1 Å². The minimum Gasteiger partial charge on any atom is -0.487 e. The van der Waals surface area contributed by atoms with E-state index in [1.54, 1.807) is 42.5 Å². The van der Waals surface area contributed by atoms with Crippen LogP contribution in [0.4, 0.5) is 23.3 Å². The molecule has 3 aromatic carbocycles. The van der Waals surface area contributed by atoms with E-state index in [9.17, 15) is 13.0 Å². The second kappa shape index (κ2) is 14.9. The summed E-state index contributed by atoms with van der Waals surface area (Å²) in [5.41, 5.74) is 2.15. The number of benzene rings is 3. The van der Waals surface area contributed by atoms with Crippen LogP contribution in [-0.2, 0) is 24.3 Å². The molecule has 0 radical (unpaired) electrons. The zero-order valence-corrected chi connectivity index (χ0v) is 26.3. The number of hydrogen-bond donors (Lipinski definition) is 3. The van der Waals surface area contributed by atoms with Crippen LogP contribution < -0.4 is 20.1 Å². The second-order valence-corrected chi connectivity index (χ2v) is 11.6. The van der Waals surface area contributed by atoms with Crippen LogP contribution in [0.25, 0.3) is 22.6 Å². The molecule has 1 aliphatic rings. The van der Waals surface area contributed by atoms with Gasteiger partial charge in [-0.15, -0.1) is 0 Å². The summed E-state index contributed by atoms with van der Waals surface area (Å²) in [5, 5.41) is 5.98. The topological polar surface area (TPSA) is 189 Å². The summed E-state index contributed by atoms with van der Waals surface area (Å²) >= 11 is 6.27. The van der Waals surface area contributed by atoms with Gasteiger partial charge in [0.1, 0.15) is 18.7 Å². The molecule has 17 heteroatoms. The van der Waals surface area contributed by atoms with E-state index in [1.807, 2.05) is 0 Å². The molecule has 2 aromatic heterocycles. The van der Waals surface area contributed by atoms with Gasteiger partial charge in [-0.2, -0.15) is 23.4 Å². The molecule has 5 aromatic rings. The van der Waals surface area contributed by atoms with E-state index < -0.39 is 10.1 Å². The van der Waals surface area contributed by atoms with E-state index in [-0.39, 0.29) is 40.1 Å². The fourth-order valence-electron chi connectivity index (χ4n) is 4.45. The number of nitrogens with one attached hydrogen (secondary N) is 2. The predicted molar refractivity (Wildman–Crippen MR) is 171 cm³/mol. The summed E-state index contributed by atoms with van der Waals surface area (Å²) in [6, 6.07) is 16.1. The molecule has 0 atom stereocenters. The molecule has 246 valence electrons. The van der Waals surface area contributed by atoms with Crippen molar-refractivity contribution in [1.82, 2.24) is 19.9 Å². The van der Waals surface area contributed by atoms with Crippen molar-refractivity contribution in [3.8, 4) is 23.0 Å². The molecule has 15 nitrogen and oxygen atoms in total. The van der Waals surface area contributed by atoms with Crippen LogP contribution in [0, 0.1) is 0 Å². The molecule has 3 heterocycles. The summed E-state index contributed by atoms with van der Waals surface area (Å²) in [6.07, 6.45) is 0. The van der Waals surface area contributed by atoms with Crippen molar-refractivity contribution < 1.29 is 41.1 Å². The molecule has 0 spiro atoms.